The average Bonchev–Trinajstić information content (AvgIpc) is 3.10. The Morgan fingerprint density at radius 3 is 1.84 bits per heavy atom. The Kier molecular flexibility index (Phi) is 14.1. The quantitative estimate of drug-likeness (QED) is 0.0539. The number of aliphatic hydroxyl groups is 1. The van der Waals surface area contributed by atoms with E-state index in [0.717, 1.165) is 109 Å². The maximum atomic E-state index is 12.9. The molecule has 11 nitrogen and oxygen atoms in total. The molecule has 0 aromatic carbocycles. The molecular formula is C37H64N4O7S2. The van der Waals surface area contributed by atoms with Crippen molar-refractivity contribution < 1.29 is 32.0 Å². The SMILES string of the molecule is CC1CCC(S(=O)(=O)OC2CCC(N=NC3CCC(C4CCC(N=NC5C(OOOS)CC6CCCCC6C5O)CC4C)C(C)C3)CC2)CC1. The summed E-state index contributed by atoms with van der Waals surface area (Å²) in [5, 5.41) is 34.9. The number of hydrogen-bond acceptors (Lipinski definition) is 12. The van der Waals surface area contributed by atoms with E-state index in [0.29, 0.717) is 35.5 Å². The van der Waals surface area contributed by atoms with E-state index in [1.165, 1.54) is 12.8 Å². The molecule has 0 aromatic heterocycles. The highest BCUT2D eigenvalue weighted by atomic mass is 32.2. The lowest BCUT2D eigenvalue weighted by molar-refractivity contribution is -0.482. The highest BCUT2D eigenvalue weighted by molar-refractivity contribution is 7.87. The summed E-state index contributed by atoms with van der Waals surface area (Å²) in [5.41, 5.74) is 0. The summed E-state index contributed by atoms with van der Waals surface area (Å²) in [4.78, 5) is 5.48. The Hall–Kier alpha value is -0.700. The third kappa shape index (κ3) is 9.88. The van der Waals surface area contributed by atoms with E-state index in [1.807, 2.05) is 0 Å². The molecule has 0 saturated heterocycles. The van der Waals surface area contributed by atoms with Gasteiger partial charge in [0.05, 0.1) is 35.6 Å². The van der Waals surface area contributed by atoms with Gasteiger partial charge >= 0.3 is 0 Å². The van der Waals surface area contributed by atoms with E-state index in [4.69, 9.17) is 34.6 Å². The van der Waals surface area contributed by atoms with Crippen molar-refractivity contribution in [1.82, 2.24) is 0 Å². The molecule has 0 bridgehead atoms. The highest BCUT2D eigenvalue weighted by Gasteiger charge is 2.47. The van der Waals surface area contributed by atoms with Crippen LogP contribution in [0.2, 0.25) is 0 Å². The molecule has 50 heavy (non-hydrogen) atoms. The van der Waals surface area contributed by atoms with Crippen molar-refractivity contribution in [2.24, 2.45) is 61.9 Å². The predicted octanol–water partition coefficient (Wildman–Crippen LogP) is 8.77. The van der Waals surface area contributed by atoms with Crippen molar-refractivity contribution in [2.45, 2.75) is 190 Å². The summed E-state index contributed by atoms with van der Waals surface area (Å²) in [5.74, 6) is 3.80. The first-order valence-electron chi connectivity index (χ1n) is 20.1. The summed E-state index contributed by atoms with van der Waals surface area (Å²) >= 11 is 3.64. The van der Waals surface area contributed by atoms with Gasteiger partial charge in [-0.05, 0) is 151 Å². The maximum absolute atomic E-state index is 12.9. The molecule has 286 valence electrons. The van der Waals surface area contributed by atoms with Gasteiger partial charge in [0.15, 0.2) is 0 Å². The van der Waals surface area contributed by atoms with Gasteiger partial charge in [-0.25, -0.2) is 0 Å². The minimum atomic E-state index is -3.49. The topological polar surface area (TPSA) is 141 Å². The number of fused-ring (bicyclic) bond motifs is 1. The number of thiol groups is 1. The fourth-order valence-corrected chi connectivity index (χ4v) is 12.5. The zero-order chi connectivity index (χ0) is 35.3. The van der Waals surface area contributed by atoms with Crippen LogP contribution in [-0.2, 0) is 28.6 Å². The standard InChI is InChI=1S/C37H64N4O7S2/c1-23-8-16-31(17-9-23)50(43,44)46-30-14-10-27(11-15-30)38-39-28-12-18-32(24(2)20-28)33-19-13-29(21-25(33)3)40-41-36-35(45-47-48-49)22-26-6-4-5-7-34(26)37(36)42/h23-37,42,49H,4-22H2,1-3H3. The summed E-state index contributed by atoms with van der Waals surface area (Å²) in [6, 6.07) is 0.167. The molecule has 0 aliphatic heterocycles. The zero-order valence-corrected chi connectivity index (χ0v) is 32.3. The Bertz CT molecular complexity index is 1230. The van der Waals surface area contributed by atoms with Crippen molar-refractivity contribution in [1.29, 1.82) is 0 Å². The lowest BCUT2D eigenvalue weighted by Crippen LogP contribution is -2.51. The molecule has 11 atom stereocenters. The summed E-state index contributed by atoms with van der Waals surface area (Å²) < 4.78 is 35.9. The molecule has 0 spiro atoms. The lowest BCUT2D eigenvalue weighted by atomic mass is 9.63. The second kappa shape index (κ2) is 18.1. The first-order chi connectivity index (χ1) is 24.1. The monoisotopic (exact) mass is 740 g/mol. The van der Waals surface area contributed by atoms with Crippen molar-refractivity contribution >= 4 is 23.0 Å². The molecule has 0 heterocycles. The molecule has 11 unspecified atom stereocenters. The van der Waals surface area contributed by atoms with E-state index >= 15 is 0 Å². The second-order valence-corrected chi connectivity index (χ2v) is 19.3. The average molecular weight is 741 g/mol. The third-order valence-electron chi connectivity index (χ3n) is 13.9. The smallest absolute Gasteiger partial charge is 0.270 e. The number of azo groups is 2. The number of rotatable bonds is 11. The summed E-state index contributed by atoms with van der Waals surface area (Å²) in [6.45, 7) is 6.99. The van der Waals surface area contributed by atoms with Crippen LogP contribution in [0.15, 0.2) is 20.5 Å². The van der Waals surface area contributed by atoms with E-state index in [1.54, 1.807) is 0 Å². The normalized spacial score (nSPS) is 45.1. The summed E-state index contributed by atoms with van der Waals surface area (Å²) in [7, 11) is -3.49. The zero-order valence-electron chi connectivity index (χ0n) is 30.6. The molecule has 6 fully saturated rings. The number of hydrogen-bond donors (Lipinski definition) is 2. The fourth-order valence-electron chi connectivity index (χ4n) is 10.9. The fraction of sp³-hybridized carbons (Fsp3) is 1.00. The highest BCUT2D eigenvalue weighted by Crippen LogP contribution is 2.46. The van der Waals surface area contributed by atoms with Gasteiger partial charge in [0.1, 0.15) is 12.1 Å². The third-order valence-corrected chi connectivity index (χ3v) is 15.8. The second-order valence-electron chi connectivity index (χ2n) is 17.3. The summed E-state index contributed by atoms with van der Waals surface area (Å²) in [6.07, 6.45) is 17.2. The largest absolute Gasteiger partial charge is 0.390 e. The van der Waals surface area contributed by atoms with Gasteiger partial charge in [-0.1, -0.05) is 38.7 Å². The van der Waals surface area contributed by atoms with Crippen LogP contribution < -0.4 is 0 Å². The molecule has 6 rings (SSSR count). The van der Waals surface area contributed by atoms with Crippen LogP contribution in [0.1, 0.15) is 143 Å². The molecule has 1 N–H and O–H groups in total. The molecule has 6 aliphatic rings. The Morgan fingerprint density at radius 2 is 1.22 bits per heavy atom. The van der Waals surface area contributed by atoms with Gasteiger partial charge in [-0.3, -0.25) is 4.18 Å². The van der Waals surface area contributed by atoms with Gasteiger partial charge in [-0.2, -0.15) is 33.8 Å². The van der Waals surface area contributed by atoms with Crippen LogP contribution in [0.3, 0.4) is 0 Å². The molecule has 6 aliphatic carbocycles. The minimum absolute atomic E-state index is 0.164. The van der Waals surface area contributed by atoms with Gasteiger partial charge in [0, 0.05) is 12.9 Å². The van der Waals surface area contributed by atoms with E-state index in [-0.39, 0.29) is 35.4 Å². The Morgan fingerprint density at radius 1 is 0.640 bits per heavy atom. The van der Waals surface area contributed by atoms with E-state index in [9.17, 15) is 13.5 Å². The van der Waals surface area contributed by atoms with Gasteiger partial charge in [0.2, 0.25) is 0 Å². The Labute approximate surface area is 306 Å². The Balaban J connectivity index is 0.930. The molecule has 6 saturated carbocycles. The number of nitrogens with zero attached hydrogens (tertiary/aromatic N) is 4. The van der Waals surface area contributed by atoms with Crippen LogP contribution in [0.4, 0.5) is 0 Å². The van der Waals surface area contributed by atoms with Crippen molar-refractivity contribution in [3.8, 4) is 0 Å². The van der Waals surface area contributed by atoms with Crippen LogP contribution in [-0.4, -0.2) is 61.3 Å². The van der Waals surface area contributed by atoms with Gasteiger partial charge < -0.3 is 5.11 Å². The molecular weight excluding hydrogens is 677 g/mol. The van der Waals surface area contributed by atoms with Gasteiger partial charge in [0.25, 0.3) is 10.1 Å². The minimum Gasteiger partial charge on any atom is -0.390 e. The van der Waals surface area contributed by atoms with Gasteiger partial charge in [-0.15, -0.1) is 4.33 Å². The first kappa shape index (κ1) is 39.0. The molecule has 0 amide bonds. The van der Waals surface area contributed by atoms with Crippen molar-refractivity contribution in [2.75, 3.05) is 0 Å². The van der Waals surface area contributed by atoms with Crippen LogP contribution >= 0.6 is 12.9 Å². The number of aliphatic hydroxyl groups excluding tert-OH is 1. The lowest BCUT2D eigenvalue weighted by Gasteiger charge is -2.44. The van der Waals surface area contributed by atoms with Crippen LogP contribution in [0.25, 0.3) is 0 Å². The molecule has 0 aromatic rings. The van der Waals surface area contributed by atoms with Crippen LogP contribution in [0.5, 0.6) is 0 Å². The maximum Gasteiger partial charge on any atom is 0.270 e. The van der Waals surface area contributed by atoms with Crippen molar-refractivity contribution in [3.63, 3.8) is 0 Å². The van der Waals surface area contributed by atoms with E-state index in [2.05, 4.69) is 38.0 Å². The molecule has 13 heteroatoms. The van der Waals surface area contributed by atoms with E-state index < -0.39 is 28.4 Å². The predicted molar refractivity (Wildman–Crippen MR) is 194 cm³/mol. The van der Waals surface area contributed by atoms with Crippen LogP contribution in [0, 0.1) is 41.4 Å². The van der Waals surface area contributed by atoms with Crippen molar-refractivity contribution in [3.05, 3.63) is 0 Å². The first-order valence-corrected chi connectivity index (χ1v) is 22.0. The molecule has 0 radical (unpaired) electrons.